The molecule has 0 saturated carbocycles. The van der Waals surface area contributed by atoms with Crippen LogP contribution in [0.3, 0.4) is 0 Å². The van der Waals surface area contributed by atoms with Crippen LogP contribution in [0.1, 0.15) is 25.8 Å². The van der Waals surface area contributed by atoms with Gasteiger partial charge in [0.05, 0.1) is 32.8 Å². The van der Waals surface area contributed by atoms with E-state index in [1.807, 2.05) is 32.0 Å². The molecule has 7 heteroatoms. The van der Waals surface area contributed by atoms with Gasteiger partial charge in [-0.25, -0.2) is 0 Å². The van der Waals surface area contributed by atoms with Crippen molar-refractivity contribution in [1.29, 1.82) is 0 Å². The average Bonchev–Trinajstić information content (AvgIpc) is 3.04. The number of hydrogen-bond acceptors (Lipinski definition) is 5. The highest BCUT2D eigenvalue weighted by atomic mass is 16.5. The first-order chi connectivity index (χ1) is 12.9. The van der Waals surface area contributed by atoms with Crippen LogP contribution in [0.2, 0.25) is 0 Å². The Morgan fingerprint density at radius 3 is 2.59 bits per heavy atom. The zero-order chi connectivity index (χ0) is 20.0. The van der Waals surface area contributed by atoms with Gasteiger partial charge in [-0.05, 0) is 30.0 Å². The summed E-state index contributed by atoms with van der Waals surface area (Å²) >= 11 is 0. The number of rotatable bonds is 9. The number of benzene rings is 1. The number of carbonyl (C=O) groups excluding carboxylic acids is 2. The van der Waals surface area contributed by atoms with Crippen LogP contribution in [-0.2, 0) is 16.0 Å². The number of ether oxygens (including phenoxy) is 2. The van der Waals surface area contributed by atoms with E-state index >= 15 is 0 Å². The maximum atomic E-state index is 12.4. The third-order valence-electron chi connectivity index (χ3n) is 5.03. The van der Waals surface area contributed by atoms with Crippen LogP contribution in [0.15, 0.2) is 18.2 Å². The normalized spacial score (nSPS) is 17.9. The second-order valence-electron chi connectivity index (χ2n) is 7.22. The van der Waals surface area contributed by atoms with Gasteiger partial charge in [-0.3, -0.25) is 9.59 Å². The number of aliphatic hydroxyl groups excluding tert-OH is 1. The van der Waals surface area contributed by atoms with Crippen molar-refractivity contribution in [3.05, 3.63) is 23.8 Å². The molecule has 0 radical (unpaired) electrons. The molecule has 1 aliphatic heterocycles. The van der Waals surface area contributed by atoms with Crippen LogP contribution in [-0.4, -0.2) is 61.8 Å². The van der Waals surface area contributed by atoms with Gasteiger partial charge in [0.1, 0.15) is 0 Å². The molecule has 1 heterocycles. The average molecular weight is 378 g/mol. The fourth-order valence-electron chi connectivity index (χ4n) is 3.19. The Labute approximate surface area is 160 Å². The van der Waals surface area contributed by atoms with Gasteiger partial charge < -0.3 is 24.8 Å². The molecule has 1 fully saturated rings. The van der Waals surface area contributed by atoms with E-state index in [1.54, 1.807) is 19.1 Å². The molecule has 1 aromatic carbocycles. The Balaban J connectivity index is 1.91. The molecule has 2 rings (SSSR count). The lowest BCUT2D eigenvalue weighted by Crippen LogP contribution is -2.44. The fourth-order valence-corrected chi connectivity index (χ4v) is 3.19. The van der Waals surface area contributed by atoms with Crippen molar-refractivity contribution in [1.82, 2.24) is 10.2 Å². The van der Waals surface area contributed by atoms with Crippen molar-refractivity contribution in [3.63, 3.8) is 0 Å². The number of amides is 2. The van der Waals surface area contributed by atoms with Crippen LogP contribution in [0.25, 0.3) is 0 Å². The second kappa shape index (κ2) is 9.60. The summed E-state index contributed by atoms with van der Waals surface area (Å²) in [5.74, 6) is 0.918. The van der Waals surface area contributed by atoms with E-state index in [0.29, 0.717) is 31.0 Å². The van der Waals surface area contributed by atoms with Gasteiger partial charge >= 0.3 is 0 Å². The second-order valence-corrected chi connectivity index (χ2v) is 7.22. The zero-order valence-corrected chi connectivity index (χ0v) is 16.5. The van der Waals surface area contributed by atoms with Crippen LogP contribution in [0.4, 0.5) is 0 Å². The summed E-state index contributed by atoms with van der Waals surface area (Å²) in [4.78, 5) is 26.4. The van der Waals surface area contributed by atoms with E-state index in [9.17, 15) is 14.7 Å². The largest absolute Gasteiger partial charge is 0.493 e. The molecule has 2 atom stereocenters. The van der Waals surface area contributed by atoms with Crippen LogP contribution < -0.4 is 14.8 Å². The first kappa shape index (κ1) is 21.0. The molecule has 1 aromatic rings. The third-order valence-corrected chi connectivity index (χ3v) is 5.03. The van der Waals surface area contributed by atoms with Gasteiger partial charge in [-0.1, -0.05) is 19.9 Å². The van der Waals surface area contributed by atoms with Crippen LogP contribution in [0.5, 0.6) is 11.5 Å². The molecule has 0 aromatic heterocycles. The summed E-state index contributed by atoms with van der Waals surface area (Å²) < 4.78 is 10.5. The number of aliphatic hydroxyl groups is 1. The molecule has 2 N–H and O–H groups in total. The fraction of sp³-hybridized carbons (Fsp3) is 0.600. The summed E-state index contributed by atoms with van der Waals surface area (Å²) in [6.45, 7) is 4.74. The lowest BCUT2D eigenvalue weighted by atomic mass is 10.0. The SMILES string of the molecule is COc1ccc(CCN2C[C@H](C(=O)N[C@@H](CO)C(C)C)CC2=O)cc1OC. The molecule has 1 aliphatic rings. The predicted octanol–water partition coefficient (Wildman–Crippen LogP) is 1.23. The maximum Gasteiger partial charge on any atom is 0.225 e. The van der Waals surface area contributed by atoms with Crippen molar-refractivity contribution in [2.24, 2.45) is 11.8 Å². The minimum atomic E-state index is -0.365. The van der Waals surface area contributed by atoms with Crippen molar-refractivity contribution in [3.8, 4) is 11.5 Å². The lowest BCUT2D eigenvalue weighted by molar-refractivity contribution is -0.129. The Morgan fingerprint density at radius 1 is 1.30 bits per heavy atom. The molecular formula is C20H30N2O5. The maximum absolute atomic E-state index is 12.4. The zero-order valence-electron chi connectivity index (χ0n) is 16.5. The molecular weight excluding hydrogens is 348 g/mol. The highest BCUT2D eigenvalue weighted by Gasteiger charge is 2.35. The van der Waals surface area contributed by atoms with Gasteiger partial charge in [0.2, 0.25) is 11.8 Å². The topological polar surface area (TPSA) is 88.1 Å². The van der Waals surface area contributed by atoms with E-state index < -0.39 is 0 Å². The minimum Gasteiger partial charge on any atom is -0.493 e. The Hall–Kier alpha value is -2.28. The monoisotopic (exact) mass is 378 g/mol. The first-order valence-electron chi connectivity index (χ1n) is 9.29. The molecule has 0 aliphatic carbocycles. The molecule has 0 unspecified atom stereocenters. The smallest absolute Gasteiger partial charge is 0.225 e. The molecule has 150 valence electrons. The summed E-state index contributed by atoms with van der Waals surface area (Å²) in [5, 5.41) is 12.2. The number of likely N-dealkylation sites (tertiary alicyclic amines) is 1. The van der Waals surface area contributed by atoms with E-state index in [0.717, 1.165) is 5.56 Å². The minimum absolute atomic E-state index is 0.0132. The van der Waals surface area contributed by atoms with Gasteiger partial charge in [-0.2, -0.15) is 0 Å². The number of hydrogen-bond donors (Lipinski definition) is 2. The van der Waals surface area contributed by atoms with Crippen molar-refractivity contribution < 1.29 is 24.2 Å². The summed E-state index contributed by atoms with van der Waals surface area (Å²) in [5.41, 5.74) is 1.04. The number of carbonyl (C=O) groups is 2. The lowest BCUT2D eigenvalue weighted by Gasteiger charge is -2.22. The number of nitrogens with one attached hydrogen (secondary N) is 1. The molecule has 0 spiro atoms. The quantitative estimate of drug-likeness (QED) is 0.675. The highest BCUT2D eigenvalue weighted by molar-refractivity contribution is 5.89. The molecule has 27 heavy (non-hydrogen) atoms. The molecule has 2 amide bonds. The van der Waals surface area contributed by atoms with Crippen molar-refractivity contribution in [2.45, 2.75) is 32.7 Å². The van der Waals surface area contributed by atoms with Gasteiger partial charge in [-0.15, -0.1) is 0 Å². The standard InChI is InChI=1S/C20H30N2O5/c1-13(2)16(12-23)21-20(25)15-10-19(24)22(11-15)8-7-14-5-6-17(26-3)18(9-14)27-4/h5-6,9,13,15-16,23H,7-8,10-12H2,1-4H3,(H,21,25)/t15-,16+/m1/s1. The summed E-state index contributed by atoms with van der Waals surface area (Å²) in [6.07, 6.45) is 0.889. The summed E-state index contributed by atoms with van der Waals surface area (Å²) in [7, 11) is 3.18. The van der Waals surface area contributed by atoms with Crippen LogP contribution >= 0.6 is 0 Å². The predicted molar refractivity (Wildman–Crippen MR) is 102 cm³/mol. The highest BCUT2D eigenvalue weighted by Crippen LogP contribution is 2.28. The van der Waals surface area contributed by atoms with Crippen LogP contribution in [0, 0.1) is 11.8 Å². The summed E-state index contributed by atoms with van der Waals surface area (Å²) in [6, 6.07) is 5.41. The first-order valence-corrected chi connectivity index (χ1v) is 9.29. The number of nitrogens with zero attached hydrogens (tertiary/aromatic N) is 1. The van der Waals surface area contributed by atoms with E-state index in [4.69, 9.17) is 9.47 Å². The Bertz CT molecular complexity index is 662. The molecule has 1 saturated heterocycles. The third kappa shape index (κ3) is 5.35. The van der Waals surface area contributed by atoms with Gasteiger partial charge in [0, 0.05) is 19.5 Å². The molecule has 7 nitrogen and oxygen atoms in total. The van der Waals surface area contributed by atoms with E-state index in [2.05, 4.69) is 5.32 Å². The van der Waals surface area contributed by atoms with Crippen molar-refractivity contribution >= 4 is 11.8 Å². The van der Waals surface area contributed by atoms with Gasteiger partial charge in [0.25, 0.3) is 0 Å². The van der Waals surface area contributed by atoms with E-state index in [1.165, 1.54) is 0 Å². The van der Waals surface area contributed by atoms with E-state index in [-0.39, 0.29) is 42.7 Å². The van der Waals surface area contributed by atoms with Gasteiger partial charge in [0.15, 0.2) is 11.5 Å². The Kier molecular flexibility index (Phi) is 7.47. The van der Waals surface area contributed by atoms with Crippen molar-refractivity contribution in [2.75, 3.05) is 33.9 Å². The number of methoxy groups -OCH3 is 2. The molecule has 0 bridgehead atoms. The Morgan fingerprint density at radius 2 is 2.00 bits per heavy atom.